The van der Waals surface area contributed by atoms with Crippen LogP contribution in [0.4, 0.5) is 10.1 Å². The fourth-order valence-corrected chi connectivity index (χ4v) is 3.70. The summed E-state index contributed by atoms with van der Waals surface area (Å²) >= 11 is 0. The highest BCUT2D eigenvalue weighted by Crippen LogP contribution is 2.24. The average Bonchev–Trinajstić information content (AvgIpc) is 2.64. The van der Waals surface area contributed by atoms with Gasteiger partial charge in [-0.15, -0.1) is 0 Å². The van der Waals surface area contributed by atoms with Gasteiger partial charge in [0.25, 0.3) is 0 Å². The second-order valence-corrected chi connectivity index (χ2v) is 7.40. The Morgan fingerprint density at radius 2 is 1.85 bits per heavy atom. The van der Waals surface area contributed by atoms with Crippen molar-refractivity contribution >= 4 is 11.6 Å². The molecule has 1 saturated heterocycles. The van der Waals surface area contributed by atoms with E-state index in [1.807, 2.05) is 32.3 Å². The number of piperidine rings is 1. The first kappa shape index (κ1) is 19.5. The maximum absolute atomic E-state index is 13.7. The zero-order valence-electron chi connectivity index (χ0n) is 16.1. The molecule has 4 nitrogen and oxygen atoms in total. The molecule has 144 valence electrons. The molecule has 0 radical (unpaired) electrons. The molecule has 1 atom stereocenters. The number of benzene rings is 2. The molecule has 1 aliphatic rings. The smallest absolute Gasteiger partial charge is 0.246 e. The number of anilines is 1. The van der Waals surface area contributed by atoms with E-state index in [4.69, 9.17) is 0 Å². The molecule has 0 aliphatic carbocycles. The van der Waals surface area contributed by atoms with Crippen LogP contribution < -0.4 is 5.32 Å². The summed E-state index contributed by atoms with van der Waals surface area (Å²) in [7, 11) is 3.66. The number of hydrogen-bond donors (Lipinski definition) is 1. The van der Waals surface area contributed by atoms with Gasteiger partial charge in [-0.05, 0) is 69.4 Å². The number of likely N-dealkylation sites (N-methyl/N-ethyl adjacent to an activating group) is 1. The van der Waals surface area contributed by atoms with Crippen LogP contribution in [-0.4, -0.2) is 42.9 Å². The lowest BCUT2D eigenvalue weighted by atomic mass is 10.0. The van der Waals surface area contributed by atoms with Crippen LogP contribution >= 0.6 is 0 Å². The summed E-state index contributed by atoms with van der Waals surface area (Å²) in [6.45, 7) is 3.04. The van der Waals surface area contributed by atoms with Crippen LogP contribution in [0.15, 0.2) is 48.5 Å². The van der Waals surface area contributed by atoms with Crippen molar-refractivity contribution in [3.63, 3.8) is 0 Å². The Labute approximate surface area is 161 Å². The molecule has 3 rings (SSSR count). The number of rotatable bonds is 6. The van der Waals surface area contributed by atoms with E-state index in [1.54, 1.807) is 17.0 Å². The summed E-state index contributed by atoms with van der Waals surface area (Å²) in [5, 5.41) is 3.07. The van der Waals surface area contributed by atoms with Gasteiger partial charge in [-0.25, -0.2) is 4.39 Å². The monoisotopic (exact) mass is 369 g/mol. The third-order valence-corrected chi connectivity index (χ3v) is 5.05. The van der Waals surface area contributed by atoms with Gasteiger partial charge in [0.05, 0.1) is 0 Å². The first-order valence-electron chi connectivity index (χ1n) is 9.57. The second-order valence-electron chi connectivity index (χ2n) is 7.40. The number of amides is 1. The van der Waals surface area contributed by atoms with Crippen LogP contribution in [0.1, 0.15) is 36.4 Å². The second kappa shape index (κ2) is 9.11. The van der Waals surface area contributed by atoms with E-state index in [9.17, 15) is 9.18 Å². The van der Waals surface area contributed by atoms with Crippen LogP contribution in [0.2, 0.25) is 0 Å². The van der Waals surface area contributed by atoms with Crippen LogP contribution in [0, 0.1) is 5.82 Å². The van der Waals surface area contributed by atoms with E-state index >= 15 is 0 Å². The van der Waals surface area contributed by atoms with Gasteiger partial charge in [0.15, 0.2) is 0 Å². The Morgan fingerprint density at radius 3 is 2.56 bits per heavy atom. The minimum absolute atomic E-state index is 0.156. The molecule has 1 heterocycles. The first-order chi connectivity index (χ1) is 13.0. The molecule has 2 aromatic rings. The molecule has 0 bridgehead atoms. The highest BCUT2D eigenvalue weighted by Gasteiger charge is 2.24. The number of hydrogen-bond acceptors (Lipinski definition) is 3. The fraction of sp³-hybridized carbons (Fsp3) is 0.409. The molecule has 0 spiro atoms. The maximum atomic E-state index is 13.7. The van der Waals surface area contributed by atoms with E-state index in [0.717, 1.165) is 30.9 Å². The summed E-state index contributed by atoms with van der Waals surface area (Å²) in [6.07, 6.45) is 3.76. The highest BCUT2D eigenvalue weighted by molar-refractivity contribution is 5.96. The topological polar surface area (TPSA) is 35.6 Å². The Morgan fingerprint density at radius 1 is 1.11 bits per heavy atom. The van der Waals surface area contributed by atoms with E-state index in [0.29, 0.717) is 5.56 Å². The summed E-state index contributed by atoms with van der Waals surface area (Å²) < 4.78 is 13.7. The molecule has 5 heteroatoms. The fourth-order valence-electron chi connectivity index (χ4n) is 3.70. The van der Waals surface area contributed by atoms with Crippen LogP contribution in [0.3, 0.4) is 0 Å². The Bertz CT molecular complexity index is 772. The third kappa shape index (κ3) is 5.15. The van der Waals surface area contributed by atoms with Gasteiger partial charge in [0, 0.05) is 12.2 Å². The van der Waals surface area contributed by atoms with E-state index in [1.165, 1.54) is 31.4 Å². The zero-order valence-corrected chi connectivity index (χ0v) is 16.1. The predicted octanol–water partition coefficient (Wildman–Crippen LogP) is 4.05. The molecule has 0 saturated carbocycles. The normalized spacial score (nSPS) is 16.3. The van der Waals surface area contributed by atoms with Gasteiger partial charge >= 0.3 is 0 Å². The maximum Gasteiger partial charge on any atom is 0.246 e. The minimum atomic E-state index is -0.552. The van der Waals surface area contributed by atoms with Gasteiger partial charge in [-0.3, -0.25) is 14.6 Å². The summed E-state index contributed by atoms with van der Waals surface area (Å²) in [4.78, 5) is 17.3. The van der Waals surface area contributed by atoms with Gasteiger partial charge in [0.1, 0.15) is 11.9 Å². The first-order valence-corrected chi connectivity index (χ1v) is 9.57. The molecule has 2 aromatic carbocycles. The standard InChI is InChI=1S/C22H28FN3O/c1-25(2)21(17-10-8-11-19(23)15-17)22(27)24-20-12-5-4-9-18(20)16-26-13-6-3-7-14-26/h4-5,8-12,15,21H,3,6-7,13-14,16H2,1-2H3,(H,24,27). The Balaban J connectivity index is 1.77. The number of nitrogens with one attached hydrogen (secondary N) is 1. The zero-order chi connectivity index (χ0) is 19.2. The van der Waals surface area contributed by atoms with E-state index in [2.05, 4.69) is 16.3 Å². The minimum Gasteiger partial charge on any atom is -0.324 e. The van der Waals surface area contributed by atoms with Gasteiger partial charge in [-0.1, -0.05) is 36.8 Å². The van der Waals surface area contributed by atoms with Crippen molar-refractivity contribution in [3.05, 3.63) is 65.5 Å². The van der Waals surface area contributed by atoms with Crippen molar-refractivity contribution in [2.45, 2.75) is 31.8 Å². The SMILES string of the molecule is CN(C)C(C(=O)Nc1ccccc1CN1CCCCC1)c1cccc(F)c1. The predicted molar refractivity (Wildman–Crippen MR) is 107 cm³/mol. The Hall–Kier alpha value is -2.24. The highest BCUT2D eigenvalue weighted by atomic mass is 19.1. The summed E-state index contributed by atoms with van der Waals surface area (Å²) in [6, 6.07) is 13.6. The molecule has 1 amide bonds. The lowest BCUT2D eigenvalue weighted by Gasteiger charge is -2.28. The quantitative estimate of drug-likeness (QED) is 0.834. The van der Waals surface area contributed by atoms with Gasteiger partial charge < -0.3 is 5.32 Å². The van der Waals surface area contributed by atoms with Crippen LogP contribution in [0.25, 0.3) is 0 Å². The van der Waals surface area contributed by atoms with Crippen molar-refractivity contribution in [2.75, 3.05) is 32.5 Å². The molecular weight excluding hydrogens is 341 g/mol. The van der Waals surface area contributed by atoms with Crippen molar-refractivity contribution in [3.8, 4) is 0 Å². The largest absolute Gasteiger partial charge is 0.324 e. The van der Waals surface area contributed by atoms with Crippen LogP contribution in [0.5, 0.6) is 0 Å². The third-order valence-electron chi connectivity index (χ3n) is 5.05. The van der Waals surface area contributed by atoms with Crippen molar-refractivity contribution in [1.82, 2.24) is 9.80 Å². The number of para-hydroxylation sites is 1. The molecule has 0 aromatic heterocycles. The molecule has 1 unspecified atom stereocenters. The lowest BCUT2D eigenvalue weighted by Crippen LogP contribution is -2.33. The van der Waals surface area contributed by atoms with E-state index in [-0.39, 0.29) is 11.7 Å². The van der Waals surface area contributed by atoms with Crippen molar-refractivity contribution in [2.24, 2.45) is 0 Å². The van der Waals surface area contributed by atoms with Gasteiger partial charge in [0.2, 0.25) is 5.91 Å². The average molecular weight is 369 g/mol. The van der Waals surface area contributed by atoms with Gasteiger partial charge in [-0.2, -0.15) is 0 Å². The van der Waals surface area contributed by atoms with Crippen molar-refractivity contribution < 1.29 is 9.18 Å². The summed E-state index contributed by atoms with van der Waals surface area (Å²) in [5.74, 6) is -0.491. The Kier molecular flexibility index (Phi) is 6.58. The van der Waals surface area contributed by atoms with Crippen LogP contribution in [-0.2, 0) is 11.3 Å². The number of carbonyl (C=O) groups is 1. The number of carbonyl (C=O) groups excluding carboxylic acids is 1. The molecular formula is C22H28FN3O. The number of likely N-dealkylation sites (tertiary alicyclic amines) is 1. The van der Waals surface area contributed by atoms with Crippen molar-refractivity contribution in [1.29, 1.82) is 0 Å². The summed E-state index contributed by atoms with van der Waals surface area (Å²) in [5.41, 5.74) is 2.59. The number of nitrogens with zero attached hydrogens (tertiary/aromatic N) is 2. The molecule has 1 N–H and O–H groups in total. The van der Waals surface area contributed by atoms with E-state index < -0.39 is 6.04 Å². The molecule has 27 heavy (non-hydrogen) atoms. The lowest BCUT2D eigenvalue weighted by molar-refractivity contribution is -0.120. The number of halogens is 1. The molecule has 1 fully saturated rings. The molecule has 1 aliphatic heterocycles.